The number of hydrogen-bond donors (Lipinski definition) is 0. The van der Waals surface area contributed by atoms with Gasteiger partial charge in [0.05, 0.1) is 0 Å². The van der Waals surface area contributed by atoms with Gasteiger partial charge in [0.15, 0.2) is 0 Å². The van der Waals surface area contributed by atoms with Gasteiger partial charge in [-0.3, -0.25) is 9.97 Å². The monoisotopic (exact) mass is 314 g/mol. The van der Waals surface area contributed by atoms with E-state index in [4.69, 9.17) is 4.52 Å². The lowest BCUT2D eigenvalue weighted by atomic mass is 10.0. The molecule has 0 saturated heterocycles. The van der Waals surface area contributed by atoms with E-state index in [-0.39, 0.29) is 0 Å². The van der Waals surface area contributed by atoms with Crippen LogP contribution in [-0.2, 0) is 0 Å². The van der Waals surface area contributed by atoms with Gasteiger partial charge in [0.2, 0.25) is 5.82 Å². The summed E-state index contributed by atoms with van der Waals surface area (Å²) in [5.41, 5.74) is 4.85. The molecule has 0 aliphatic rings. The Morgan fingerprint density at radius 1 is 0.875 bits per heavy atom. The van der Waals surface area contributed by atoms with Gasteiger partial charge in [-0.05, 0) is 53.9 Å². The lowest BCUT2D eigenvalue weighted by molar-refractivity contribution is 0.432. The fourth-order valence-electron chi connectivity index (χ4n) is 2.51. The van der Waals surface area contributed by atoms with Crippen LogP contribution < -0.4 is 0 Å². The first kappa shape index (κ1) is 14.3. The highest BCUT2D eigenvalue weighted by molar-refractivity contribution is 5.72. The van der Waals surface area contributed by atoms with Crippen molar-refractivity contribution in [1.82, 2.24) is 20.1 Å². The van der Waals surface area contributed by atoms with E-state index in [9.17, 15) is 0 Å². The lowest BCUT2D eigenvalue weighted by Crippen LogP contribution is -1.87. The Balaban J connectivity index is 1.76. The summed E-state index contributed by atoms with van der Waals surface area (Å²) >= 11 is 0. The molecule has 0 N–H and O–H groups in total. The first-order valence-corrected chi connectivity index (χ1v) is 7.58. The first-order valence-electron chi connectivity index (χ1n) is 7.58. The number of hydrogen-bond acceptors (Lipinski definition) is 5. The van der Waals surface area contributed by atoms with Gasteiger partial charge >= 0.3 is 0 Å². The molecule has 0 bridgehead atoms. The van der Waals surface area contributed by atoms with E-state index in [2.05, 4.69) is 38.3 Å². The predicted octanol–water partition coefficient (Wildman–Crippen LogP) is 4.17. The van der Waals surface area contributed by atoms with E-state index < -0.39 is 0 Å². The topological polar surface area (TPSA) is 64.7 Å². The molecule has 0 spiro atoms. The molecule has 0 atom stereocenters. The second-order valence-electron chi connectivity index (χ2n) is 5.40. The van der Waals surface area contributed by atoms with Gasteiger partial charge in [-0.2, -0.15) is 4.98 Å². The van der Waals surface area contributed by atoms with Crippen molar-refractivity contribution in [3.05, 3.63) is 72.7 Å². The predicted molar refractivity (Wildman–Crippen MR) is 90.9 cm³/mol. The zero-order valence-corrected chi connectivity index (χ0v) is 13.0. The van der Waals surface area contributed by atoms with E-state index >= 15 is 0 Å². The molecule has 24 heavy (non-hydrogen) atoms. The molecule has 0 amide bonds. The largest absolute Gasteiger partial charge is 0.334 e. The molecule has 3 heterocycles. The highest BCUT2D eigenvalue weighted by Crippen LogP contribution is 2.29. The van der Waals surface area contributed by atoms with Gasteiger partial charge in [-0.1, -0.05) is 23.4 Å². The van der Waals surface area contributed by atoms with Crippen LogP contribution in [0.15, 0.2) is 71.6 Å². The lowest BCUT2D eigenvalue weighted by Gasteiger charge is -2.05. The highest BCUT2D eigenvalue weighted by atomic mass is 16.5. The Bertz CT molecular complexity index is 965. The van der Waals surface area contributed by atoms with Gasteiger partial charge in [0.25, 0.3) is 5.89 Å². The molecular weight excluding hydrogens is 300 g/mol. The number of benzene rings is 1. The Morgan fingerprint density at radius 3 is 2.54 bits per heavy atom. The van der Waals surface area contributed by atoms with Crippen LogP contribution in [0.1, 0.15) is 5.56 Å². The third-order valence-electron chi connectivity index (χ3n) is 3.80. The third-order valence-corrected chi connectivity index (χ3v) is 3.80. The zero-order valence-electron chi connectivity index (χ0n) is 13.0. The molecule has 0 radical (unpaired) electrons. The van der Waals surface area contributed by atoms with Gasteiger partial charge < -0.3 is 4.52 Å². The maximum absolute atomic E-state index is 5.46. The number of aryl methyl sites for hydroxylation is 1. The maximum atomic E-state index is 5.46. The third kappa shape index (κ3) is 2.67. The van der Waals surface area contributed by atoms with Crippen molar-refractivity contribution in [3.8, 4) is 34.1 Å². The number of aromatic nitrogens is 4. The summed E-state index contributed by atoms with van der Waals surface area (Å²) in [6.07, 6.45) is 5.27. The molecule has 116 valence electrons. The summed E-state index contributed by atoms with van der Waals surface area (Å²) < 4.78 is 5.46. The molecule has 5 heteroatoms. The molecule has 1 aromatic carbocycles. The normalized spacial score (nSPS) is 10.7. The number of nitrogens with zero attached hydrogens (tertiary/aromatic N) is 4. The second-order valence-corrected chi connectivity index (χ2v) is 5.40. The molecule has 0 aliphatic carbocycles. The first-order chi connectivity index (χ1) is 11.8. The van der Waals surface area contributed by atoms with Crippen LogP contribution in [0.5, 0.6) is 0 Å². The van der Waals surface area contributed by atoms with Crippen molar-refractivity contribution < 1.29 is 4.52 Å². The molecule has 0 unspecified atom stereocenters. The average molecular weight is 314 g/mol. The SMILES string of the molecule is Cc1ccc(-c2ccncc2)cc1-c1nc(-c2ccccn2)no1. The molecule has 3 aromatic heterocycles. The van der Waals surface area contributed by atoms with Crippen LogP contribution in [0.3, 0.4) is 0 Å². The molecule has 0 aliphatic heterocycles. The number of pyridine rings is 2. The van der Waals surface area contributed by atoms with Crippen LogP contribution >= 0.6 is 0 Å². The van der Waals surface area contributed by atoms with Gasteiger partial charge in [0, 0.05) is 24.2 Å². The van der Waals surface area contributed by atoms with E-state index in [1.54, 1.807) is 18.6 Å². The van der Waals surface area contributed by atoms with Crippen LogP contribution in [0, 0.1) is 6.92 Å². The quantitative estimate of drug-likeness (QED) is 0.568. The van der Waals surface area contributed by atoms with Crippen LogP contribution in [-0.4, -0.2) is 20.1 Å². The van der Waals surface area contributed by atoms with Crippen molar-refractivity contribution in [1.29, 1.82) is 0 Å². The van der Waals surface area contributed by atoms with Crippen molar-refractivity contribution >= 4 is 0 Å². The molecule has 4 aromatic rings. The van der Waals surface area contributed by atoms with Crippen molar-refractivity contribution in [2.45, 2.75) is 6.92 Å². The van der Waals surface area contributed by atoms with Crippen LogP contribution in [0.4, 0.5) is 0 Å². The Labute approximate surface area is 139 Å². The summed E-state index contributed by atoms with van der Waals surface area (Å²) in [6, 6.07) is 15.7. The highest BCUT2D eigenvalue weighted by Gasteiger charge is 2.14. The second kappa shape index (κ2) is 6.04. The standard InChI is InChI=1S/C19H14N4O/c1-13-5-6-15(14-7-10-20-11-8-14)12-16(13)19-22-18(23-24-19)17-4-2-3-9-21-17/h2-12H,1H3. The summed E-state index contributed by atoms with van der Waals surface area (Å²) in [5.74, 6) is 0.975. The summed E-state index contributed by atoms with van der Waals surface area (Å²) in [5, 5.41) is 4.05. The summed E-state index contributed by atoms with van der Waals surface area (Å²) in [4.78, 5) is 12.8. The molecule has 0 saturated carbocycles. The van der Waals surface area contributed by atoms with Gasteiger partial charge in [0.1, 0.15) is 5.69 Å². The molecular formula is C19H14N4O. The summed E-state index contributed by atoms with van der Waals surface area (Å²) in [7, 11) is 0. The van der Waals surface area contributed by atoms with E-state index in [0.717, 1.165) is 22.3 Å². The van der Waals surface area contributed by atoms with Crippen LogP contribution in [0.25, 0.3) is 34.1 Å². The van der Waals surface area contributed by atoms with Gasteiger partial charge in [-0.15, -0.1) is 0 Å². The molecule has 5 nitrogen and oxygen atoms in total. The average Bonchev–Trinajstić information content (AvgIpc) is 3.13. The van der Waals surface area contributed by atoms with Gasteiger partial charge in [-0.25, -0.2) is 0 Å². The molecule has 0 fully saturated rings. The van der Waals surface area contributed by atoms with Crippen molar-refractivity contribution in [3.63, 3.8) is 0 Å². The minimum Gasteiger partial charge on any atom is -0.334 e. The Morgan fingerprint density at radius 2 is 1.75 bits per heavy atom. The molecule has 4 rings (SSSR count). The minimum atomic E-state index is 0.485. The van der Waals surface area contributed by atoms with Crippen molar-refractivity contribution in [2.75, 3.05) is 0 Å². The zero-order chi connectivity index (χ0) is 16.4. The minimum absolute atomic E-state index is 0.485. The number of rotatable bonds is 3. The van der Waals surface area contributed by atoms with Crippen molar-refractivity contribution in [2.24, 2.45) is 0 Å². The maximum Gasteiger partial charge on any atom is 0.258 e. The van der Waals surface area contributed by atoms with Crippen LogP contribution in [0.2, 0.25) is 0 Å². The van der Waals surface area contributed by atoms with E-state index in [0.29, 0.717) is 17.4 Å². The Kier molecular flexibility index (Phi) is 3.59. The fraction of sp³-hybridized carbons (Fsp3) is 0.0526. The summed E-state index contributed by atoms with van der Waals surface area (Å²) in [6.45, 7) is 2.02. The Hall–Kier alpha value is -3.34. The van der Waals surface area contributed by atoms with E-state index in [1.807, 2.05) is 37.3 Å². The van der Waals surface area contributed by atoms with E-state index in [1.165, 1.54) is 0 Å². The fourth-order valence-corrected chi connectivity index (χ4v) is 2.51. The smallest absolute Gasteiger partial charge is 0.258 e.